The minimum Gasteiger partial charge on any atom is -0.427 e. The lowest BCUT2D eigenvalue weighted by Gasteiger charge is -2.09. The molecule has 0 bridgehead atoms. The van der Waals surface area contributed by atoms with Gasteiger partial charge in [-0.3, -0.25) is 18.9 Å². The highest BCUT2D eigenvalue weighted by Crippen LogP contribution is 2.31. The van der Waals surface area contributed by atoms with Crippen molar-refractivity contribution in [3.63, 3.8) is 0 Å². The predicted molar refractivity (Wildman–Crippen MR) is 67.0 cm³/mol. The Morgan fingerprint density at radius 3 is 2.76 bits per heavy atom. The molecule has 2 rings (SSSR count). The fourth-order valence-electron chi connectivity index (χ4n) is 1.59. The van der Waals surface area contributed by atoms with E-state index in [0.717, 1.165) is 12.1 Å². The smallest absolute Gasteiger partial charge is 0.387 e. The van der Waals surface area contributed by atoms with Gasteiger partial charge in [0.15, 0.2) is 0 Å². The number of hydrogen-bond donors (Lipinski definition) is 0. The van der Waals surface area contributed by atoms with Gasteiger partial charge in [-0.15, -0.1) is 10.2 Å². The summed E-state index contributed by atoms with van der Waals surface area (Å²) >= 11 is 0. The fourth-order valence-corrected chi connectivity index (χ4v) is 2.18. The summed E-state index contributed by atoms with van der Waals surface area (Å²) in [7, 11) is -1.47. The van der Waals surface area contributed by atoms with Gasteiger partial charge in [0, 0.05) is 18.4 Å². The summed E-state index contributed by atoms with van der Waals surface area (Å²) in [5, 5.41) is 18.0. The molecular formula is C10H8F2N4O4S. The molecule has 1 heterocycles. The van der Waals surface area contributed by atoms with E-state index in [9.17, 15) is 23.1 Å². The van der Waals surface area contributed by atoms with E-state index >= 15 is 0 Å². The van der Waals surface area contributed by atoms with Crippen molar-refractivity contribution in [1.29, 1.82) is 0 Å². The second kappa shape index (κ2) is 5.91. The fraction of sp³-hybridized carbons (Fsp3) is 0.200. The van der Waals surface area contributed by atoms with Gasteiger partial charge in [-0.2, -0.15) is 8.78 Å². The van der Waals surface area contributed by atoms with Crippen molar-refractivity contribution >= 4 is 16.5 Å². The number of halogens is 2. The van der Waals surface area contributed by atoms with Crippen LogP contribution >= 0.6 is 0 Å². The van der Waals surface area contributed by atoms with Gasteiger partial charge in [0.2, 0.25) is 10.9 Å². The van der Waals surface area contributed by atoms with Crippen molar-refractivity contribution in [2.45, 2.75) is 11.8 Å². The Balaban J connectivity index is 2.53. The van der Waals surface area contributed by atoms with Gasteiger partial charge in [-0.1, -0.05) is 0 Å². The van der Waals surface area contributed by atoms with E-state index in [4.69, 9.17) is 0 Å². The predicted octanol–water partition coefficient (Wildman–Crippen LogP) is 1.51. The van der Waals surface area contributed by atoms with E-state index in [2.05, 4.69) is 14.9 Å². The van der Waals surface area contributed by atoms with E-state index in [-0.39, 0.29) is 10.8 Å². The molecule has 0 saturated heterocycles. The molecule has 0 saturated carbocycles. The molecule has 1 aromatic heterocycles. The van der Waals surface area contributed by atoms with Crippen LogP contribution in [0.2, 0.25) is 0 Å². The molecule has 11 heteroatoms. The average molecular weight is 318 g/mol. The monoisotopic (exact) mass is 318 g/mol. The Bertz CT molecular complexity index is 706. The standard InChI is InChI=1S/C10H8F2N4O4S/c1-21(19)10-14-13-5-15(10)6-2-3-7(16(17)18)8(4-6)20-9(11)12/h2-5,9H,1H3/t21-/m0/s1. The van der Waals surface area contributed by atoms with Crippen molar-refractivity contribution in [3.05, 3.63) is 34.6 Å². The van der Waals surface area contributed by atoms with Crippen molar-refractivity contribution in [2.75, 3.05) is 6.26 Å². The van der Waals surface area contributed by atoms with Crippen LogP contribution in [-0.2, 0) is 10.8 Å². The Labute approximate surface area is 119 Å². The second-order valence-electron chi connectivity index (χ2n) is 3.73. The number of rotatable bonds is 5. The van der Waals surface area contributed by atoms with Crippen LogP contribution in [0.4, 0.5) is 14.5 Å². The zero-order chi connectivity index (χ0) is 15.6. The first-order chi connectivity index (χ1) is 9.90. The Morgan fingerprint density at radius 2 is 2.19 bits per heavy atom. The first kappa shape index (κ1) is 15.0. The van der Waals surface area contributed by atoms with Crippen LogP contribution in [-0.4, -0.2) is 36.8 Å². The number of aromatic nitrogens is 3. The third kappa shape index (κ3) is 3.18. The van der Waals surface area contributed by atoms with Crippen LogP contribution in [0.3, 0.4) is 0 Å². The zero-order valence-corrected chi connectivity index (χ0v) is 11.3. The summed E-state index contributed by atoms with van der Waals surface area (Å²) in [6.45, 7) is -3.21. The quantitative estimate of drug-likeness (QED) is 0.612. The topological polar surface area (TPSA) is 100 Å². The van der Waals surface area contributed by atoms with E-state index in [1.54, 1.807) is 0 Å². The molecule has 21 heavy (non-hydrogen) atoms. The maximum atomic E-state index is 12.3. The molecule has 1 aromatic carbocycles. The van der Waals surface area contributed by atoms with Crippen LogP contribution in [0.1, 0.15) is 0 Å². The Kier molecular flexibility index (Phi) is 4.21. The van der Waals surface area contributed by atoms with Gasteiger partial charge in [0.25, 0.3) is 0 Å². The molecule has 0 fully saturated rings. The van der Waals surface area contributed by atoms with Gasteiger partial charge >= 0.3 is 12.3 Å². The molecule has 0 amide bonds. The number of nitrogens with zero attached hydrogens (tertiary/aromatic N) is 4. The van der Waals surface area contributed by atoms with Gasteiger partial charge in [-0.25, -0.2) is 0 Å². The lowest BCUT2D eigenvalue weighted by atomic mass is 10.2. The van der Waals surface area contributed by atoms with Crippen LogP contribution in [0.15, 0.2) is 29.7 Å². The molecule has 1 atom stereocenters. The molecule has 0 radical (unpaired) electrons. The van der Waals surface area contributed by atoms with Crippen LogP contribution in [0.25, 0.3) is 5.69 Å². The minimum atomic E-state index is -3.21. The van der Waals surface area contributed by atoms with Crippen LogP contribution in [0, 0.1) is 10.1 Å². The molecule has 0 aliphatic heterocycles. The molecule has 0 N–H and O–H groups in total. The van der Waals surface area contributed by atoms with Gasteiger partial charge in [0.1, 0.15) is 6.33 Å². The number of alkyl halides is 2. The normalized spacial score (nSPS) is 12.4. The molecule has 0 unspecified atom stereocenters. The molecule has 0 aliphatic rings. The molecule has 2 aromatic rings. The van der Waals surface area contributed by atoms with Crippen LogP contribution in [0.5, 0.6) is 5.75 Å². The highest BCUT2D eigenvalue weighted by atomic mass is 32.2. The molecule has 8 nitrogen and oxygen atoms in total. The summed E-state index contributed by atoms with van der Waals surface area (Å²) in [5.41, 5.74) is -0.391. The van der Waals surface area contributed by atoms with Gasteiger partial charge in [-0.05, 0) is 6.07 Å². The lowest BCUT2D eigenvalue weighted by Crippen LogP contribution is -2.07. The summed E-state index contributed by atoms with van der Waals surface area (Å²) in [6, 6.07) is 3.33. The number of nitro benzene ring substituents is 1. The summed E-state index contributed by atoms with van der Waals surface area (Å²) in [5.74, 6) is -0.603. The molecule has 0 spiro atoms. The van der Waals surface area contributed by atoms with Crippen molar-refractivity contribution in [2.24, 2.45) is 0 Å². The minimum absolute atomic E-state index is 0.0758. The second-order valence-corrected chi connectivity index (χ2v) is 5.00. The third-order valence-corrected chi connectivity index (χ3v) is 3.20. The van der Waals surface area contributed by atoms with Crippen molar-refractivity contribution in [3.8, 4) is 11.4 Å². The van der Waals surface area contributed by atoms with E-state index in [1.165, 1.54) is 23.2 Å². The maximum Gasteiger partial charge on any atom is 0.387 e. The highest BCUT2D eigenvalue weighted by molar-refractivity contribution is 7.84. The van der Waals surface area contributed by atoms with Crippen molar-refractivity contribution < 1.29 is 22.6 Å². The number of hydrogen-bond acceptors (Lipinski definition) is 6. The van der Waals surface area contributed by atoms with Gasteiger partial charge < -0.3 is 4.74 Å². The van der Waals surface area contributed by atoms with E-state index in [1.807, 2.05) is 0 Å². The first-order valence-electron chi connectivity index (χ1n) is 5.37. The third-order valence-electron chi connectivity index (χ3n) is 2.41. The summed E-state index contributed by atoms with van der Waals surface area (Å²) in [4.78, 5) is 9.94. The highest BCUT2D eigenvalue weighted by Gasteiger charge is 2.20. The van der Waals surface area contributed by atoms with Gasteiger partial charge in [0.05, 0.1) is 21.4 Å². The first-order valence-corrected chi connectivity index (χ1v) is 6.93. The largest absolute Gasteiger partial charge is 0.427 e. The molecule has 0 aliphatic carbocycles. The Morgan fingerprint density at radius 1 is 1.48 bits per heavy atom. The van der Waals surface area contributed by atoms with Crippen LogP contribution < -0.4 is 4.74 Å². The SMILES string of the molecule is C[S@](=O)c1nncn1-c1ccc([N+](=O)[O-])c(OC(F)F)c1. The Hall–Kier alpha value is -2.43. The van der Waals surface area contributed by atoms with Crippen molar-refractivity contribution in [1.82, 2.24) is 14.8 Å². The number of benzene rings is 1. The molecular weight excluding hydrogens is 310 g/mol. The number of nitro groups is 1. The number of ether oxygens (including phenoxy) is 1. The summed E-state index contributed by atoms with van der Waals surface area (Å²) in [6.07, 6.45) is 2.58. The lowest BCUT2D eigenvalue weighted by molar-refractivity contribution is -0.386. The zero-order valence-electron chi connectivity index (χ0n) is 10.5. The average Bonchev–Trinajstić information content (AvgIpc) is 2.86. The maximum absolute atomic E-state index is 12.3. The van der Waals surface area contributed by atoms with E-state index in [0.29, 0.717) is 0 Å². The molecule has 112 valence electrons. The summed E-state index contributed by atoms with van der Waals surface area (Å²) < 4.78 is 41.5. The van der Waals surface area contributed by atoms with E-state index < -0.39 is 33.8 Å².